The van der Waals surface area contributed by atoms with Crippen LogP contribution in [0.3, 0.4) is 0 Å². The Bertz CT molecular complexity index is 701. The van der Waals surface area contributed by atoms with Gasteiger partial charge < -0.3 is 19.3 Å². The molecule has 0 N–H and O–H groups in total. The van der Waals surface area contributed by atoms with E-state index in [2.05, 4.69) is 35.8 Å². The lowest BCUT2D eigenvalue weighted by molar-refractivity contribution is -0.142. The fraction of sp³-hybridized carbons (Fsp3) is 0.708. The molecule has 2 saturated heterocycles. The van der Waals surface area contributed by atoms with Gasteiger partial charge in [0, 0.05) is 38.0 Å². The van der Waals surface area contributed by atoms with Gasteiger partial charge in [-0.2, -0.15) is 0 Å². The summed E-state index contributed by atoms with van der Waals surface area (Å²) in [6.45, 7) is 10.4. The molecule has 160 valence electrons. The Morgan fingerprint density at radius 1 is 1.28 bits per heavy atom. The van der Waals surface area contributed by atoms with E-state index in [1.54, 1.807) is 0 Å². The largest absolute Gasteiger partial charge is 0.485 e. The van der Waals surface area contributed by atoms with Gasteiger partial charge in [0.1, 0.15) is 11.4 Å². The van der Waals surface area contributed by atoms with Crippen LogP contribution in [-0.4, -0.2) is 60.7 Å². The van der Waals surface area contributed by atoms with E-state index >= 15 is 0 Å². The number of para-hydroxylation sites is 1. The number of benzene rings is 1. The Morgan fingerprint density at radius 2 is 2.07 bits per heavy atom. The van der Waals surface area contributed by atoms with E-state index in [9.17, 15) is 4.79 Å². The third-order valence-corrected chi connectivity index (χ3v) is 6.98. The number of carbonyl (C=O) groups excluding carboxylic acids is 1. The zero-order valence-electron chi connectivity index (χ0n) is 18.1. The minimum absolute atomic E-state index is 0.106. The Labute approximate surface area is 175 Å². The van der Waals surface area contributed by atoms with Gasteiger partial charge in [0.2, 0.25) is 5.91 Å². The number of nitrogens with zero attached hydrogens (tertiary/aromatic N) is 2. The van der Waals surface area contributed by atoms with Crippen LogP contribution in [0.5, 0.6) is 5.75 Å². The topological polar surface area (TPSA) is 42.0 Å². The van der Waals surface area contributed by atoms with E-state index < -0.39 is 0 Å². The van der Waals surface area contributed by atoms with Crippen molar-refractivity contribution in [2.24, 2.45) is 11.8 Å². The molecule has 1 amide bonds. The summed E-state index contributed by atoms with van der Waals surface area (Å²) in [5.74, 6) is 2.04. The predicted molar refractivity (Wildman–Crippen MR) is 114 cm³/mol. The van der Waals surface area contributed by atoms with E-state index in [0.29, 0.717) is 38.1 Å². The number of likely N-dealkylation sites (tertiary alicyclic amines) is 1. The number of fused-ring (bicyclic) bond motifs is 1. The average molecular weight is 401 g/mol. The fourth-order valence-corrected chi connectivity index (χ4v) is 5.02. The standard InChI is InChI=1S/C24H36N2O3/c1-3-19(2)15-25-12-6-8-21(16-25)23(27)26-17-20-7-4-5-9-22(20)29-24(18-26)10-13-28-14-11-24/h4-5,7,9,19,21H,3,6,8,10-18H2,1-2H3/t19-,21+/m1/s1. The summed E-state index contributed by atoms with van der Waals surface area (Å²) in [5.41, 5.74) is 0.808. The number of ether oxygens (including phenoxy) is 2. The number of hydrogen-bond acceptors (Lipinski definition) is 4. The molecule has 29 heavy (non-hydrogen) atoms. The highest BCUT2D eigenvalue weighted by atomic mass is 16.5. The summed E-state index contributed by atoms with van der Waals surface area (Å²) in [4.78, 5) is 18.3. The molecule has 3 aliphatic rings. The van der Waals surface area contributed by atoms with Crippen LogP contribution < -0.4 is 4.74 Å². The molecule has 5 nitrogen and oxygen atoms in total. The summed E-state index contributed by atoms with van der Waals surface area (Å²) >= 11 is 0. The maximum absolute atomic E-state index is 13.7. The molecule has 0 bridgehead atoms. The van der Waals surface area contributed by atoms with E-state index in [-0.39, 0.29) is 11.5 Å². The quantitative estimate of drug-likeness (QED) is 0.773. The van der Waals surface area contributed by atoms with Crippen molar-refractivity contribution in [3.05, 3.63) is 29.8 Å². The first kappa shape index (κ1) is 20.7. The average Bonchev–Trinajstić information content (AvgIpc) is 2.90. The molecule has 4 rings (SSSR count). The van der Waals surface area contributed by atoms with Crippen LogP contribution in [0.15, 0.2) is 24.3 Å². The van der Waals surface area contributed by atoms with Crippen molar-refractivity contribution in [1.29, 1.82) is 0 Å². The van der Waals surface area contributed by atoms with Crippen LogP contribution in [0.1, 0.15) is 51.5 Å². The molecule has 2 fully saturated rings. The van der Waals surface area contributed by atoms with Gasteiger partial charge in [-0.3, -0.25) is 4.79 Å². The lowest BCUT2D eigenvalue weighted by Gasteiger charge is -2.40. The van der Waals surface area contributed by atoms with Crippen molar-refractivity contribution >= 4 is 5.91 Å². The molecule has 0 aliphatic carbocycles. The zero-order chi connectivity index (χ0) is 20.3. The summed E-state index contributed by atoms with van der Waals surface area (Å²) < 4.78 is 12.2. The minimum Gasteiger partial charge on any atom is -0.485 e. The molecule has 2 atom stereocenters. The van der Waals surface area contributed by atoms with Gasteiger partial charge in [0.25, 0.3) is 0 Å². The highest BCUT2D eigenvalue weighted by Crippen LogP contribution is 2.36. The molecule has 1 spiro atoms. The summed E-state index contributed by atoms with van der Waals surface area (Å²) in [6.07, 6.45) is 5.00. The summed E-state index contributed by atoms with van der Waals surface area (Å²) in [6, 6.07) is 8.22. The van der Waals surface area contributed by atoms with E-state index in [1.165, 1.54) is 6.42 Å². The van der Waals surface area contributed by atoms with Crippen molar-refractivity contribution in [3.8, 4) is 5.75 Å². The van der Waals surface area contributed by atoms with Crippen LogP contribution in [-0.2, 0) is 16.1 Å². The highest BCUT2D eigenvalue weighted by molar-refractivity contribution is 5.79. The molecule has 3 heterocycles. The van der Waals surface area contributed by atoms with Crippen LogP contribution in [0.2, 0.25) is 0 Å². The highest BCUT2D eigenvalue weighted by Gasteiger charge is 2.42. The van der Waals surface area contributed by atoms with Crippen molar-refractivity contribution in [1.82, 2.24) is 9.80 Å². The zero-order valence-corrected chi connectivity index (χ0v) is 18.1. The number of rotatable bonds is 4. The monoisotopic (exact) mass is 400 g/mol. The molecule has 0 radical (unpaired) electrons. The number of hydrogen-bond donors (Lipinski definition) is 0. The first-order valence-corrected chi connectivity index (χ1v) is 11.4. The third-order valence-electron chi connectivity index (χ3n) is 6.98. The maximum atomic E-state index is 13.7. The lowest BCUT2D eigenvalue weighted by atomic mass is 9.91. The first-order valence-electron chi connectivity index (χ1n) is 11.4. The second-order valence-corrected chi connectivity index (χ2v) is 9.31. The van der Waals surface area contributed by atoms with Gasteiger partial charge >= 0.3 is 0 Å². The molecule has 5 heteroatoms. The lowest BCUT2D eigenvalue weighted by Crippen LogP contribution is -2.53. The van der Waals surface area contributed by atoms with Crippen molar-refractivity contribution < 1.29 is 14.3 Å². The molecule has 1 aromatic rings. The minimum atomic E-state index is -0.314. The summed E-state index contributed by atoms with van der Waals surface area (Å²) in [5, 5.41) is 0. The second kappa shape index (κ2) is 9.05. The SMILES string of the molecule is CC[C@@H](C)CN1CCC[C@H](C(=O)N2Cc3ccccc3OC3(CCOCC3)C2)C1. The smallest absolute Gasteiger partial charge is 0.227 e. The van der Waals surface area contributed by atoms with Crippen LogP contribution >= 0.6 is 0 Å². The molecule has 0 aromatic heterocycles. The Hall–Kier alpha value is -1.59. The van der Waals surface area contributed by atoms with Gasteiger partial charge in [-0.05, 0) is 31.4 Å². The number of amides is 1. The molecular weight excluding hydrogens is 364 g/mol. The normalized spacial score (nSPS) is 25.7. The van der Waals surface area contributed by atoms with Crippen LogP contribution in [0, 0.1) is 11.8 Å². The van der Waals surface area contributed by atoms with Gasteiger partial charge in [-0.15, -0.1) is 0 Å². The molecule has 1 aromatic carbocycles. The molecule has 0 unspecified atom stereocenters. The van der Waals surface area contributed by atoms with Gasteiger partial charge in [0.15, 0.2) is 0 Å². The number of piperidine rings is 1. The number of carbonyl (C=O) groups is 1. The van der Waals surface area contributed by atoms with E-state index in [1.807, 2.05) is 12.1 Å². The molecule has 0 saturated carbocycles. The fourth-order valence-electron chi connectivity index (χ4n) is 5.02. The summed E-state index contributed by atoms with van der Waals surface area (Å²) in [7, 11) is 0. The van der Waals surface area contributed by atoms with Crippen LogP contribution in [0.4, 0.5) is 0 Å². The van der Waals surface area contributed by atoms with Crippen molar-refractivity contribution in [2.75, 3.05) is 39.4 Å². The van der Waals surface area contributed by atoms with E-state index in [0.717, 1.165) is 56.6 Å². The Morgan fingerprint density at radius 3 is 2.86 bits per heavy atom. The third kappa shape index (κ3) is 4.77. The maximum Gasteiger partial charge on any atom is 0.227 e. The Balaban J connectivity index is 1.52. The molecule has 3 aliphatic heterocycles. The van der Waals surface area contributed by atoms with E-state index in [4.69, 9.17) is 9.47 Å². The van der Waals surface area contributed by atoms with Gasteiger partial charge in [-0.1, -0.05) is 38.5 Å². The molecular formula is C24H36N2O3. The first-order chi connectivity index (χ1) is 14.1. The van der Waals surface area contributed by atoms with Crippen molar-refractivity contribution in [3.63, 3.8) is 0 Å². The van der Waals surface area contributed by atoms with Gasteiger partial charge in [0.05, 0.1) is 25.7 Å². The van der Waals surface area contributed by atoms with Gasteiger partial charge in [-0.25, -0.2) is 0 Å². The second-order valence-electron chi connectivity index (χ2n) is 9.31. The van der Waals surface area contributed by atoms with Crippen molar-refractivity contribution in [2.45, 2.75) is 58.1 Å². The Kier molecular flexibility index (Phi) is 6.45. The van der Waals surface area contributed by atoms with Crippen LogP contribution in [0.25, 0.3) is 0 Å². The predicted octanol–water partition coefficient (Wildman–Crippen LogP) is 3.71.